The lowest BCUT2D eigenvalue weighted by Gasteiger charge is -2.22. The average Bonchev–Trinajstić information content (AvgIpc) is 3.32. The molecule has 4 heterocycles. The predicted molar refractivity (Wildman–Crippen MR) is 97.9 cm³/mol. The lowest BCUT2D eigenvalue weighted by atomic mass is 10.1. The van der Waals surface area contributed by atoms with Crippen LogP contribution in [0.15, 0.2) is 19.0 Å². The van der Waals surface area contributed by atoms with E-state index >= 15 is 0 Å². The van der Waals surface area contributed by atoms with Crippen molar-refractivity contribution in [3.63, 3.8) is 0 Å². The summed E-state index contributed by atoms with van der Waals surface area (Å²) in [4.78, 5) is 15.6. The summed E-state index contributed by atoms with van der Waals surface area (Å²) in [7, 11) is 0. The molecule has 4 rings (SSSR count). The van der Waals surface area contributed by atoms with Gasteiger partial charge in [0.2, 0.25) is 0 Å². The fourth-order valence-electron chi connectivity index (χ4n) is 3.80. The zero-order valence-corrected chi connectivity index (χ0v) is 15.2. The van der Waals surface area contributed by atoms with Crippen LogP contribution in [0.5, 0.6) is 0 Å². The second-order valence-corrected chi connectivity index (χ2v) is 7.12. The Hall–Kier alpha value is -2.06. The van der Waals surface area contributed by atoms with Crippen molar-refractivity contribution in [3.05, 3.63) is 30.2 Å². The van der Waals surface area contributed by atoms with Crippen molar-refractivity contribution in [2.45, 2.75) is 32.2 Å². The zero-order valence-electron chi connectivity index (χ0n) is 15.2. The topological polar surface area (TPSA) is 81.0 Å². The molecule has 1 atom stereocenters. The van der Waals surface area contributed by atoms with Gasteiger partial charge in [0.15, 0.2) is 0 Å². The van der Waals surface area contributed by atoms with Crippen LogP contribution in [0.2, 0.25) is 0 Å². The van der Waals surface area contributed by atoms with Gasteiger partial charge in [-0.25, -0.2) is 15.0 Å². The summed E-state index contributed by atoms with van der Waals surface area (Å²) in [6, 6.07) is 0. The number of nitrogens with zero attached hydrogens (tertiary/aromatic N) is 6. The molecule has 2 aliphatic rings. The summed E-state index contributed by atoms with van der Waals surface area (Å²) in [6.07, 6.45) is 9.20. The van der Waals surface area contributed by atoms with E-state index in [9.17, 15) is 0 Å². The van der Waals surface area contributed by atoms with Crippen LogP contribution in [0, 0.1) is 5.92 Å². The molecule has 140 valence electrons. The minimum absolute atomic E-state index is 0.691. The molecule has 0 aromatic carbocycles. The number of nitrogens with one attached hydrogen (secondary N) is 1. The van der Waals surface area contributed by atoms with E-state index in [1.165, 1.54) is 17.7 Å². The second kappa shape index (κ2) is 8.55. The minimum atomic E-state index is 0.691. The molecule has 0 amide bonds. The van der Waals surface area contributed by atoms with E-state index in [2.05, 4.69) is 30.3 Å². The van der Waals surface area contributed by atoms with E-state index in [4.69, 9.17) is 4.74 Å². The van der Waals surface area contributed by atoms with Gasteiger partial charge in [-0.05, 0) is 25.2 Å². The number of fused-ring (bicyclic) bond motifs is 1. The maximum Gasteiger partial charge on any atom is 0.137 e. The van der Waals surface area contributed by atoms with E-state index < -0.39 is 0 Å². The van der Waals surface area contributed by atoms with Gasteiger partial charge in [0, 0.05) is 51.3 Å². The van der Waals surface area contributed by atoms with Crippen LogP contribution in [-0.2, 0) is 24.1 Å². The number of anilines is 1. The van der Waals surface area contributed by atoms with Gasteiger partial charge >= 0.3 is 0 Å². The molecule has 2 aromatic rings. The molecule has 1 fully saturated rings. The number of ether oxygens (including phenoxy) is 1. The number of rotatable bonds is 7. The van der Waals surface area contributed by atoms with Crippen molar-refractivity contribution < 1.29 is 4.74 Å². The van der Waals surface area contributed by atoms with Crippen molar-refractivity contribution in [1.29, 1.82) is 0 Å². The normalized spacial score (nSPS) is 20.7. The highest BCUT2D eigenvalue weighted by Crippen LogP contribution is 2.22. The molecule has 0 aliphatic carbocycles. The second-order valence-electron chi connectivity index (χ2n) is 7.12. The van der Waals surface area contributed by atoms with Crippen LogP contribution in [-0.4, -0.2) is 69.0 Å². The Morgan fingerprint density at radius 3 is 3.00 bits per heavy atom. The van der Waals surface area contributed by atoms with Gasteiger partial charge < -0.3 is 15.0 Å². The summed E-state index contributed by atoms with van der Waals surface area (Å²) < 4.78 is 7.38. The molecule has 8 nitrogen and oxygen atoms in total. The Bertz CT molecular complexity index is 685. The largest absolute Gasteiger partial charge is 0.381 e. The fraction of sp³-hybridized carbons (Fsp3) is 0.667. The Labute approximate surface area is 154 Å². The Morgan fingerprint density at radius 1 is 1.19 bits per heavy atom. The molecule has 1 N–H and O–H groups in total. The van der Waals surface area contributed by atoms with Crippen LogP contribution >= 0.6 is 0 Å². The van der Waals surface area contributed by atoms with Gasteiger partial charge in [0.1, 0.15) is 24.8 Å². The predicted octanol–water partition coefficient (Wildman–Crippen LogP) is 1.01. The molecule has 0 saturated carbocycles. The Morgan fingerprint density at radius 2 is 2.15 bits per heavy atom. The summed E-state index contributed by atoms with van der Waals surface area (Å²) >= 11 is 0. The molecule has 2 aliphatic heterocycles. The van der Waals surface area contributed by atoms with Crippen molar-refractivity contribution in [1.82, 2.24) is 29.6 Å². The highest BCUT2D eigenvalue weighted by molar-refractivity contribution is 5.46. The Kier molecular flexibility index (Phi) is 5.71. The lowest BCUT2D eigenvalue weighted by Crippen LogP contribution is -2.32. The van der Waals surface area contributed by atoms with Crippen LogP contribution < -0.4 is 5.32 Å². The van der Waals surface area contributed by atoms with E-state index in [0.29, 0.717) is 5.92 Å². The third-order valence-corrected chi connectivity index (χ3v) is 5.24. The molecule has 2 aromatic heterocycles. The molecule has 0 radical (unpaired) electrons. The van der Waals surface area contributed by atoms with Crippen molar-refractivity contribution >= 4 is 5.82 Å². The molecule has 26 heavy (non-hydrogen) atoms. The van der Waals surface area contributed by atoms with Crippen molar-refractivity contribution in [3.8, 4) is 0 Å². The SMILES string of the molecule is c1nc2c(c(NCCCn3cncn3)n1)CCN(C[C@H]1CCOC1)CC2. The molecular formula is C18H27N7O. The Balaban J connectivity index is 1.31. The summed E-state index contributed by atoms with van der Waals surface area (Å²) in [6.45, 7) is 6.86. The summed E-state index contributed by atoms with van der Waals surface area (Å²) in [5.41, 5.74) is 2.49. The van der Waals surface area contributed by atoms with Gasteiger partial charge in [0.05, 0.1) is 12.3 Å². The first-order chi connectivity index (χ1) is 12.9. The third kappa shape index (κ3) is 4.37. The first-order valence-corrected chi connectivity index (χ1v) is 9.57. The number of hydrogen-bond acceptors (Lipinski definition) is 7. The average molecular weight is 357 g/mol. The molecule has 0 bridgehead atoms. The standard InChI is InChI=1S/C18H27N7O/c1(6-25-14-19-12-23-25)5-20-18-16-2-7-24(10-15-4-9-26-11-15)8-3-17(16)21-13-22-18/h12-15H,1-11H2,(H,20,21,22)/t15-/m1/s1. The van der Waals surface area contributed by atoms with Crippen molar-refractivity contribution in [2.75, 3.05) is 44.7 Å². The maximum absolute atomic E-state index is 5.52. The van der Waals surface area contributed by atoms with Crippen LogP contribution in [0.3, 0.4) is 0 Å². The van der Waals surface area contributed by atoms with Crippen LogP contribution in [0.4, 0.5) is 5.82 Å². The van der Waals surface area contributed by atoms with Crippen LogP contribution in [0.1, 0.15) is 24.1 Å². The summed E-state index contributed by atoms with van der Waals surface area (Å²) in [5.74, 6) is 1.69. The van der Waals surface area contributed by atoms with E-state index in [1.54, 1.807) is 19.0 Å². The number of aryl methyl sites for hydroxylation is 1. The molecule has 0 spiro atoms. The lowest BCUT2D eigenvalue weighted by molar-refractivity contribution is 0.168. The van der Waals surface area contributed by atoms with E-state index in [-0.39, 0.29) is 0 Å². The first kappa shape index (κ1) is 17.4. The number of aromatic nitrogens is 5. The summed E-state index contributed by atoms with van der Waals surface area (Å²) in [5, 5.41) is 7.63. The molecule has 1 saturated heterocycles. The number of hydrogen-bond donors (Lipinski definition) is 1. The van der Waals surface area contributed by atoms with Crippen molar-refractivity contribution in [2.24, 2.45) is 5.92 Å². The molecule has 0 unspecified atom stereocenters. The zero-order chi connectivity index (χ0) is 17.6. The van der Waals surface area contributed by atoms with Gasteiger partial charge in [0.25, 0.3) is 0 Å². The molecular weight excluding hydrogens is 330 g/mol. The third-order valence-electron chi connectivity index (χ3n) is 5.24. The van der Waals surface area contributed by atoms with Gasteiger partial charge in [-0.15, -0.1) is 0 Å². The fourth-order valence-corrected chi connectivity index (χ4v) is 3.80. The van der Waals surface area contributed by atoms with Gasteiger partial charge in [-0.1, -0.05) is 0 Å². The first-order valence-electron chi connectivity index (χ1n) is 9.57. The highest BCUT2D eigenvalue weighted by Gasteiger charge is 2.23. The van der Waals surface area contributed by atoms with Gasteiger partial charge in [-0.2, -0.15) is 5.10 Å². The maximum atomic E-state index is 5.52. The quantitative estimate of drug-likeness (QED) is 0.741. The monoisotopic (exact) mass is 357 g/mol. The van der Waals surface area contributed by atoms with Crippen LogP contribution in [0.25, 0.3) is 0 Å². The molecule has 8 heteroatoms. The smallest absolute Gasteiger partial charge is 0.137 e. The highest BCUT2D eigenvalue weighted by atomic mass is 16.5. The van der Waals surface area contributed by atoms with E-state index in [1.807, 2.05) is 4.68 Å². The van der Waals surface area contributed by atoms with E-state index in [0.717, 1.165) is 71.0 Å². The minimum Gasteiger partial charge on any atom is -0.381 e. The van der Waals surface area contributed by atoms with Gasteiger partial charge in [-0.3, -0.25) is 4.68 Å².